The van der Waals surface area contributed by atoms with Gasteiger partial charge in [-0.3, -0.25) is 9.80 Å². The molecule has 104 valence electrons. The molecule has 3 rings (SSSR count). The van der Waals surface area contributed by atoms with Gasteiger partial charge in [-0.1, -0.05) is 13.8 Å². The van der Waals surface area contributed by atoms with Crippen LogP contribution in [-0.4, -0.2) is 54.1 Å². The summed E-state index contributed by atoms with van der Waals surface area (Å²) in [5.41, 5.74) is 6.98. The van der Waals surface area contributed by atoms with Crippen LogP contribution in [0, 0.1) is 5.41 Å². The largest absolute Gasteiger partial charge is 0.329 e. The Kier molecular flexibility index (Phi) is 3.20. The summed E-state index contributed by atoms with van der Waals surface area (Å²) in [6.45, 7) is 10.7. The van der Waals surface area contributed by atoms with Crippen LogP contribution >= 0.6 is 0 Å². The molecule has 1 heterocycles. The van der Waals surface area contributed by atoms with Crippen LogP contribution in [0.25, 0.3) is 0 Å². The quantitative estimate of drug-likeness (QED) is 0.828. The zero-order chi connectivity index (χ0) is 12.8. The van der Waals surface area contributed by atoms with E-state index >= 15 is 0 Å². The third-order valence-corrected chi connectivity index (χ3v) is 5.50. The Hall–Kier alpha value is -0.120. The van der Waals surface area contributed by atoms with Gasteiger partial charge >= 0.3 is 0 Å². The van der Waals surface area contributed by atoms with E-state index in [1.807, 2.05) is 0 Å². The van der Waals surface area contributed by atoms with E-state index in [2.05, 4.69) is 23.6 Å². The lowest BCUT2D eigenvalue weighted by atomic mass is 9.86. The molecule has 3 nitrogen and oxygen atoms in total. The maximum absolute atomic E-state index is 6.17. The second kappa shape index (κ2) is 4.46. The summed E-state index contributed by atoms with van der Waals surface area (Å²) in [6, 6.07) is 0.931. The molecule has 1 unspecified atom stereocenters. The van der Waals surface area contributed by atoms with Crippen molar-refractivity contribution < 1.29 is 0 Å². The fraction of sp³-hybridized carbons (Fsp3) is 1.00. The van der Waals surface area contributed by atoms with Gasteiger partial charge in [0.15, 0.2) is 0 Å². The van der Waals surface area contributed by atoms with Crippen molar-refractivity contribution in [2.24, 2.45) is 11.1 Å². The topological polar surface area (TPSA) is 32.5 Å². The Balaban J connectivity index is 1.63. The highest BCUT2D eigenvalue weighted by Crippen LogP contribution is 2.46. The minimum absolute atomic E-state index is 0.319. The summed E-state index contributed by atoms with van der Waals surface area (Å²) in [4.78, 5) is 5.42. The van der Waals surface area contributed by atoms with Crippen LogP contribution in [0.2, 0.25) is 0 Å². The van der Waals surface area contributed by atoms with Gasteiger partial charge in [-0.2, -0.15) is 0 Å². The Morgan fingerprint density at radius 3 is 2.17 bits per heavy atom. The number of hydrogen-bond donors (Lipinski definition) is 1. The van der Waals surface area contributed by atoms with Gasteiger partial charge in [0.05, 0.1) is 0 Å². The Morgan fingerprint density at radius 1 is 1.06 bits per heavy atom. The summed E-state index contributed by atoms with van der Waals surface area (Å²) in [5, 5.41) is 0. The normalized spacial score (nSPS) is 38.2. The number of nitrogens with zero attached hydrogens (tertiary/aromatic N) is 2. The molecule has 0 radical (unpaired) electrons. The standard InChI is InChI=1S/C15H29N3/c1-14(2)5-6-15(11-14,12-16)18-9-7-17(8-10-18)13-3-4-13/h13H,3-12,16H2,1-2H3. The molecule has 0 bridgehead atoms. The molecule has 3 heteroatoms. The lowest BCUT2D eigenvalue weighted by Crippen LogP contribution is -2.59. The molecule has 0 aromatic heterocycles. The van der Waals surface area contributed by atoms with Crippen molar-refractivity contribution in [3.05, 3.63) is 0 Å². The zero-order valence-corrected chi connectivity index (χ0v) is 12.1. The summed E-state index contributed by atoms with van der Waals surface area (Å²) in [7, 11) is 0. The predicted molar refractivity (Wildman–Crippen MR) is 75.6 cm³/mol. The highest BCUT2D eigenvalue weighted by molar-refractivity contribution is 5.03. The number of nitrogens with two attached hydrogens (primary N) is 1. The smallest absolute Gasteiger partial charge is 0.0338 e. The third kappa shape index (κ3) is 2.33. The van der Waals surface area contributed by atoms with E-state index in [1.165, 1.54) is 58.3 Å². The van der Waals surface area contributed by atoms with Crippen LogP contribution in [0.1, 0.15) is 46.0 Å². The van der Waals surface area contributed by atoms with Crippen LogP contribution in [0.5, 0.6) is 0 Å². The average molecular weight is 251 g/mol. The predicted octanol–water partition coefficient (Wildman–Crippen LogP) is 1.67. The molecule has 3 aliphatic rings. The minimum atomic E-state index is 0.319. The first-order chi connectivity index (χ1) is 8.55. The maximum atomic E-state index is 6.17. The van der Waals surface area contributed by atoms with Gasteiger partial charge < -0.3 is 5.73 Å². The van der Waals surface area contributed by atoms with Crippen molar-refractivity contribution in [1.29, 1.82) is 0 Å². The van der Waals surface area contributed by atoms with Crippen molar-refractivity contribution in [2.75, 3.05) is 32.7 Å². The SMILES string of the molecule is CC1(C)CCC(CN)(N2CCN(C3CC3)CC2)C1. The molecule has 3 fully saturated rings. The molecular weight excluding hydrogens is 222 g/mol. The molecular formula is C15H29N3. The minimum Gasteiger partial charge on any atom is -0.329 e. The van der Waals surface area contributed by atoms with Crippen LogP contribution in [0.4, 0.5) is 0 Å². The van der Waals surface area contributed by atoms with Crippen molar-refractivity contribution >= 4 is 0 Å². The zero-order valence-electron chi connectivity index (χ0n) is 12.1. The number of hydrogen-bond acceptors (Lipinski definition) is 3. The van der Waals surface area contributed by atoms with Gasteiger partial charge in [-0.25, -0.2) is 0 Å². The van der Waals surface area contributed by atoms with Crippen LogP contribution < -0.4 is 5.73 Å². The van der Waals surface area contributed by atoms with Crippen LogP contribution in [0.15, 0.2) is 0 Å². The highest BCUT2D eigenvalue weighted by atomic mass is 15.3. The monoisotopic (exact) mass is 251 g/mol. The van der Waals surface area contributed by atoms with Crippen molar-refractivity contribution in [3.8, 4) is 0 Å². The second-order valence-electron chi connectivity index (χ2n) is 7.52. The molecule has 0 aromatic rings. The van der Waals surface area contributed by atoms with Gasteiger partial charge in [0.1, 0.15) is 0 Å². The summed E-state index contributed by atoms with van der Waals surface area (Å²) in [5.74, 6) is 0. The number of rotatable bonds is 3. The molecule has 2 N–H and O–H groups in total. The van der Waals surface area contributed by atoms with Gasteiger partial charge in [0.2, 0.25) is 0 Å². The lowest BCUT2D eigenvalue weighted by molar-refractivity contribution is 0.0311. The van der Waals surface area contributed by atoms with Crippen LogP contribution in [-0.2, 0) is 0 Å². The summed E-state index contributed by atoms with van der Waals surface area (Å²) < 4.78 is 0. The third-order valence-electron chi connectivity index (χ3n) is 5.50. The first-order valence-electron chi connectivity index (χ1n) is 7.74. The molecule has 1 saturated heterocycles. The molecule has 2 saturated carbocycles. The average Bonchev–Trinajstić information content (AvgIpc) is 3.15. The van der Waals surface area contributed by atoms with Gasteiger partial charge in [0.25, 0.3) is 0 Å². The molecule has 2 aliphatic carbocycles. The maximum Gasteiger partial charge on any atom is 0.0338 e. The molecule has 0 amide bonds. The number of piperazine rings is 1. The second-order valence-corrected chi connectivity index (χ2v) is 7.52. The Labute approximate surface area is 112 Å². The van der Waals surface area contributed by atoms with E-state index in [-0.39, 0.29) is 0 Å². The van der Waals surface area contributed by atoms with E-state index in [0.29, 0.717) is 11.0 Å². The first-order valence-corrected chi connectivity index (χ1v) is 7.74. The van der Waals surface area contributed by atoms with Gasteiger partial charge in [0, 0.05) is 44.3 Å². The summed E-state index contributed by atoms with van der Waals surface area (Å²) in [6.07, 6.45) is 6.82. The molecule has 0 spiro atoms. The Bertz CT molecular complexity index is 303. The fourth-order valence-electron chi connectivity index (χ4n) is 4.21. The van der Waals surface area contributed by atoms with Crippen molar-refractivity contribution in [3.63, 3.8) is 0 Å². The fourth-order valence-corrected chi connectivity index (χ4v) is 4.21. The van der Waals surface area contributed by atoms with Crippen LogP contribution in [0.3, 0.4) is 0 Å². The van der Waals surface area contributed by atoms with Crippen molar-refractivity contribution in [2.45, 2.75) is 57.5 Å². The van der Waals surface area contributed by atoms with E-state index in [9.17, 15) is 0 Å². The molecule has 0 aromatic carbocycles. The van der Waals surface area contributed by atoms with E-state index < -0.39 is 0 Å². The lowest BCUT2D eigenvalue weighted by Gasteiger charge is -2.46. The Morgan fingerprint density at radius 2 is 1.72 bits per heavy atom. The first kappa shape index (κ1) is 12.9. The summed E-state index contributed by atoms with van der Waals surface area (Å²) >= 11 is 0. The molecule has 1 aliphatic heterocycles. The molecule has 1 atom stereocenters. The van der Waals surface area contributed by atoms with E-state index in [1.54, 1.807) is 0 Å². The molecule has 18 heavy (non-hydrogen) atoms. The van der Waals surface area contributed by atoms with Gasteiger partial charge in [-0.05, 0) is 37.5 Å². The van der Waals surface area contributed by atoms with E-state index in [0.717, 1.165) is 12.6 Å². The van der Waals surface area contributed by atoms with E-state index in [4.69, 9.17) is 5.73 Å². The highest BCUT2D eigenvalue weighted by Gasteiger charge is 2.47. The van der Waals surface area contributed by atoms with Crippen molar-refractivity contribution in [1.82, 2.24) is 9.80 Å². The van der Waals surface area contributed by atoms with Gasteiger partial charge in [-0.15, -0.1) is 0 Å².